The smallest absolute Gasteiger partial charge is 0.320 e. The minimum Gasteiger partial charge on any atom is -0.378 e. The number of nitrogens with one attached hydrogen (secondary N) is 2. The van der Waals surface area contributed by atoms with E-state index in [1.54, 1.807) is 0 Å². The van der Waals surface area contributed by atoms with E-state index < -0.39 is 11.8 Å². The summed E-state index contributed by atoms with van der Waals surface area (Å²) in [6, 6.07) is 12.1. The number of benzene rings is 2. The second-order valence-electron chi connectivity index (χ2n) is 5.23. The van der Waals surface area contributed by atoms with Gasteiger partial charge in [-0.15, -0.1) is 0 Å². The Morgan fingerprint density at radius 1 is 1.14 bits per heavy atom. The highest BCUT2D eigenvalue weighted by Gasteiger charge is 2.28. The summed E-state index contributed by atoms with van der Waals surface area (Å²) < 4.78 is 14.3. The van der Waals surface area contributed by atoms with E-state index in [0.29, 0.717) is 0 Å². The molecule has 0 fully saturated rings. The zero-order chi connectivity index (χ0) is 15.0. The molecule has 0 saturated carbocycles. The molecule has 4 nitrogen and oxygen atoms in total. The lowest BCUT2D eigenvalue weighted by Gasteiger charge is -2.29. The van der Waals surface area contributed by atoms with Crippen molar-refractivity contribution in [1.82, 2.24) is 5.32 Å². The molecule has 0 aliphatic carbocycles. The van der Waals surface area contributed by atoms with Crippen molar-refractivity contribution in [2.24, 2.45) is 0 Å². The number of urea groups is 1. The Kier molecular flexibility index (Phi) is 3.25. The molecule has 2 N–H and O–H groups in total. The molecule has 2 amide bonds. The minimum atomic E-state index is -0.424. The average molecular weight is 285 g/mol. The van der Waals surface area contributed by atoms with E-state index in [4.69, 9.17) is 0 Å². The summed E-state index contributed by atoms with van der Waals surface area (Å²) in [4.78, 5) is 13.6. The Hall–Kier alpha value is -2.56. The number of nitrogens with zero attached hydrogens (tertiary/aromatic N) is 1. The van der Waals surface area contributed by atoms with Gasteiger partial charge in [0.1, 0.15) is 5.82 Å². The third-order valence-electron chi connectivity index (χ3n) is 3.58. The van der Waals surface area contributed by atoms with Gasteiger partial charge in [0.25, 0.3) is 0 Å². The van der Waals surface area contributed by atoms with Gasteiger partial charge in [-0.3, -0.25) is 0 Å². The van der Waals surface area contributed by atoms with Crippen molar-refractivity contribution in [3.05, 3.63) is 59.4 Å². The first kappa shape index (κ1) is 13.4. The first-order chi connectivity index (χ1) is 10.1. The van der Waals surface area contributed by atoms with Gasteiger partial charge in [0, 0.05) is 25.3 Å². The minimum absolute atomic E-state index is 0.248. The fourth-order valence-electron chi connectivity index (χ4n) is 2.50. The van der Waals surface area contributed by atoms with Gasteiger partial charge < -0.3 is 15.5 Å². The van der Waals surface area contributed by atoms with Gasteiger partial charge in [-0.2, -0.15) is 0 Å². The van der Waals surface area contributed by atoms with E-state index in [1.807, 2.05) is 55.4 Å². The summed E-state index contributed by atoms with van der Waals surface area (Å²) in [6.07, 6.45) is 0. The van der Waals surface area contributed by atoms with Crippen LogP contribution in [0, 0.1) is 5.82 Å². The molecule has 0 aromatic heterocycles. The molecule has 1 heterocycles. The molecule has 2 aromatic rings. The summed E-state index contributed by atoms with van der Waals surface area (Å²) in [7, 11) is 3.71. The fourth-order valence-corrected chi connectivity index (χ4v) is 2.50. The highest BCUT2D eigenvalue weighted by molar-refractivity contribution is 5.94. The highest BCUT2D eigenvalue weighted by atomic mass is 19.1. The van der Waals surface area contributed by atoms with Crippen LogP contribution in [-0.4, -0.2) is 20.1 Å². The normalized spacial score (nSPS) is 16.7. The Labute approximate surface area is 122 Å². The molecule has 1 aliphatic heterocycles. The molecule has 108 valence electrons. The first-order valence-electron chi connectivity index (χ1n) is 6.69. The lowest BCUT2D eigenvalue weighted by Crippen LogP contribution is -2.38. The van der Waals surface area contributed by atoms with E-state index >= 15 is 0 Å². The van der Waals surface area contributed by atoms with Crippen LogP contribution in [0.5, 0.6) is 0 Å². The molecule has 3 rings (SSSR count). The van der Waals surface area contributed by atoms with E-state index in [9.17, 15) is 9.18 Å². The number of rotatable bonds is 2. The molecule has 5 heteroatoms. The first-order valence-corrected chi connectivity index (χ1v) is 6.69. The number of anilines is 2. The van der Waals surface area contributed by atoms with Gasteiger partial charge in [0.2, 0.25) is 0 Å². The summed E-state index contributed by atoms with van der Waals surface area (Å²) in [5.74, 6) is -0.424. The van der Waals surface area contributed by atoms with Crippen LogP contribution in [0.15, 0.2) is 42.5 Å². The van der Waals surface area contributed by atoms with Crippen molar-refractivity contribution in [3.8, 4) is 0 Å². The summed E-state index contributed by atoms with van der Waals surface area (Å²) in [6.45, 7) is 0. The summed E-state index contributed by atoms with van der Waals surface area (Å²) in [5.41, 5.74) is 2.65. The average Bonchev–Trinajstić information content (AvgIpc) is 2.48. The Bertz CT molecular complexity index is 685. The molecular weight excluding hydrogens is 269 g/mol. The van der Waals surface area contributed by atoms with Crippen LogP contribution >= 0.6 is 0 Å². The molecule has 21 heavy (non-hydrogen) atoms. The SMILES string of the molecule is CN(C)c1cc(F)c2c(c1)C(c1ccccc1)NC(=O)N2. The number of fused-ring (bicyclic) bond motifs is 1. The van der Waals surface area contributed by atoms with Crippen LogP contribution < -0.4 is 15.5 Å². The highest BCUT2D eigenvalue weighted by Crippen LogP contribution is 2.36. The van der Waals surface area contributed by atoms with Crippen LogP contribution in [0.25, 0.3) is 0 Å². The van der Waals surface area contributed by atoms with Gasteiger partial charge in [0.05, 0.1) is 11.7 Å². The number of carbonyl (C=O) groups excluding carboxylic acids is 1. The maximum Gasteiger partial charge on any atom is 0.320 e. The van der Waals surface area contributed by atoms with Gasteiger partial charge in [-0.25, -0.2) is 9.18 Å². The Morgan fingerprint density at radius 2 is 1.86 bits per heavy atom. The van der Waals surface area contributed by atoms with Crippen molar-refractivity contribution in [3.63, 3.8) is 0 Å². The van der Waals surface area contributed by atoms with E-state index in [-0.39, 0.29) is 11.7 Å². The zero-order valence-electron chi connectivity index (χ0n) is 11.9. The predicted octanol–water partition coefficient (Wildman–Crippen LogP) is 3.12. The van der Waals surface area contributed by atoms with Gasteiger partial charge in [-0.1, -0.05) is 30.3 Å². The molecule has 0 radical (unpaired) electrons. The number of halogens is 1. The van der Waals surface area contributed by atoms with Crippen molar-refractivity contribution in [2.75, 3.05) is 24.3 Å². The number of carbonyl (C=O) groups is 1. The monoisotopic (exact) mass is 285 g/mol. The Morgan fingerprint density at radius 3 is 2.52 bits per heavy atom. The molecule has 0 bridgehead atoms. The fraction of sp³-hybridized carbons (Fsp3) is 0.188. The van der Waals surface area contributed by atoms with E-state index in [0.717, 1.165) is 16.8 Å². The summed E-state index contributed by atoms with van der Waals surface area (Å²) in [5, 5.41) is 5.40. The molecule has 2 aromatic carbocycles. The second-order valence-corrected chi connectivity index (χ2v) is 5.23. The van der Waals surface area contributed by atoms with Crippen LogP contribution in [0.2, 0.25) is 0 Å². The molecule has 1 atom stereocenters. The molecule has 1 aliphatic rings. The molecule has 0 spiro atoms. The lowest BCUT2D eigenvalue weighted by molar-refractivity contribution is 0.248. The number of amides is 2. The zero-order valence-corrected chi connectivity index (χ0v) is 11.9. The summed E-state index contributed by atoms with van der Waals surface area (Å²) >= 11 is 0. The number of hydrogen-bond donors (Lipinski definition) is 2. The topological polar surface area (TPSA) is 44.4 Å². The van der Waals surface area contributed by atoms with Crippen molar-refractivity contribution in [1.29, 1.82) is 0 Å². The predicted molar refractivity (Wildman–Crippen MR) is 81.2 cm³/mol. The van der Waals surface area contributed by atoms with Crippen LogP contribution in [0.4, 0.5) is 20.6 Å². The van der Waals surface area contributed by atoms with Crippen LogP contribution in [-0.2, 0) is 0 Å². The van der Waals surface area contributed by atoms with Crippen molar-refractivity contribution < 1.29 is 9.18 Å². The molecular formula is C16H16FN3O. The Balaban J connectivity index is 2.16. The van der Waals surface area contributed by atoms with E-state index in [2.05, 4.69) is 10.6 Å². The quantitative estimate of drug-likeness (QED) is 0.890. The van der Waals surface area contributed by atoms with Crippen molar-refractivity contribution >= 4 is 17.4 Å². The largest absolute Gasteiger partial charge is 0.378 e. The van der Waals surface area contributed by atoms with Crippen LogP contribution in [0.1, 0.15) is 17.2 Å². The molecule has 1 unspecified atom stereocenters. The molecule has 0 saturated heterocycles. The third kappa shape index (κ3) is 2.42. The third-order valence-corrected chi connectivity index (χ3v) is 3.58. The standard InChI is InChI=1S/C16H16FN3O/c1-20(2)11-8-12-14(10-6-4-3-5-7-10)18-16(21)19-15(12)13(17)9-11/h3-9,14H,1-2H3,(H2,18,19,21). The van der Waals surface area contributed by atoms with E-state index in [1.165, 1.54) is 6.07 Å². The van der Waals surface area contributed by atoms with Crippen molar-refractivity contribution in [2.45, 2.75) is 6.04 Å². The maximum atomic E-state index is 14.3. The van der Waals surface area contributed by atoms with Gasteiger partial charge >= 0.3 is 6.03 Å². The lowest BCUT2D eigenvalue weighted by atomic mass is 9.95. The van der Waals surface area contributed by atoms with Gasteiger partial charge in [-0.05, 0) is 17.7 Å². The second kappa shape index (κ2) is 5.09. The maximum absolute atomic E-state index is 14.3. The van der Waals surface area contributed by atoms with Gasteiger partial charge in [0.15, 0.2) is 0 Å². The van der Waals surface area contributed by atoms with Crippen LogP contribution in [0.3, 0.4) is 0 Å². The number of hydrogen-bond acceptors (Lipinski definition) is 2.